The summed E-state index contributed by atoms with van der Waals surface area (Å²) >= 11 is 0. The predicted molar refractivity (Wildman–Crippen MR) is 117 cm³/mol. The van der Waals surface area contributed by atoms with Gasteiger partial charge in [-0.3, -0.25) is 14.4 Å². The molecule has 30 heavy (non-hydrogen) atoms. The van der Waals surface area contributed by atoms with Crippen molar-refractivity contribution in [1.29, 1.82) is 5.26 Å². The molecule has 7 nitrogen and oxygen atoms in total. The van der Waals surface area contributed by atoms with Crippen molar-refractivity contribution >= 4 is 34.8 Å². The Balaban J connectivity index is 1.89. The van der Waals surface area contributed by atoms with Gasteiger partial charge in [-0.05, 0) is 36.4 Å². The summed E-state index contributed by atoms with van der Waals surface area (Å²) in [6, 6.07) is 17.9. The largest absolute Gasteiger partial charge is 0.326 e. The molecular weight excluding hydrogens is 380 g/mol. The Bertz CT molecular complexity index is 902. The van der Waals surface area contributed by atoms with Crippen molar-refractivity contribution < 1.29 is 14.4 Å². The summed E-state index contributed by atoms with van der Waals surface area (Å²) in [4.78, 5) is 38.1. The van der Waals surface area contributed by atoms with Crippen LogP contribution < -0.4 is 15.5 Å². The van der Waals surface area contributed by atoms with E-state index in [4.69, 9.17) is 5.26 Å². The highest BCUT2D eigenvalue weighted by Crippen LogP contribution is 2.17. The Morgan fingerprint density at radius 1 is 0.933 bits per heavy atom. The lowest BCUT2D eigenvalue weighted by molar-refractivity contribution is -0.122. The Kier molecular flexibility index (Phi) is 8.57. The number of carbonyl (C=O) groups is 3. The third kappa shape index (κ3) is 7.06. The quantitative estimate of drug-likeness (QED) is 0.658. The van der Waals surface area contributed by atoms with E-state index in [0.717, 1.165) is 0 Å². The average Bonchev–Trinajstić information content (AvgIpc) is 2.74. The van der Waals surface area contributed by atoms with Crippen LogP contribution in [-0.2, 0) is 14.4 Å². The molecule has 0 radical (unpaired) electrons. The summed E-state index contributed by atoms with van der Waals surface area (Å²) in [6.07, 6.45) is 0.280. The monoisotopic (exact) mass is 406 g/mol. The molecule has 0 aromatic heterocycles. The van der Waals surface area contributed by atoms with Gasteiger partial charge in [0.05, 0.1) is 12.5 Å². The summed E-state index contributed by atoms with van der Waals surface area (Å²) in [5.41, 5.74) is 1.94. The van der Waals surface area contributed by atoms with Crippen molar-refractivity contribution in [2.24, 2.45) is 5.92 Å². The minimum absolute atomic E-state index is 0.0283. The molecule has 3 amide bonds. The molecule has 0 bridgehead atoms. The van der Waals surface area contributed by atoms with Gasteiger partial charge >= 0.3 is 0 Å². The second kappa shape index (κ2) is 11.4. The van der Waals surface area contributed by atoms with Gasteiger partial charge in [-0.15, -0.1) is 0 Å². The van der Waals surface area contributed by atoms with Crippen molar-refractivity contribution in [1.82, 2.24) is 0 Å². The summed E-state index contributed by atoms with van der Waals surface area (Å²) < 4.78 is 0. The number of carbonyl (C=O) groups excluding carboxylic acids is 3. The minimum atomic E-state index is -0.282. The van der Waals surface area contributed by atoms with Gasteiger partial charge in [0.15, 0.2) is 0 Å². The Hall–Kier alpha value is -3.66. The lowest BCUT2D eigenvalue weighted by Gasteiger charge is -2.21. The molecule has 0 aliphatic heterocycles. The van der Waals surface area contributed by atoms with Crippen molar-refractivity contribution in [3.05, 3.63) is 54.6 Å². The number of para-hydroxylation sites is 1. The molecule has 0 aliphatic rings. The number of hydrogen-bond donors (Lipinski definition) is 2. The summed E-state index contributed by atoms with van der Waals surface area (Å²) in [6.45, 7) is 3.90. The molecular formula is C23H26N4O3. The van der Waals surface area contributed by atoms with Gasteiger partial charge in [0.2, 0.25) is 17.7 Å². The standard InChI is InChI=1S/C23H26N4O3/c1-17(2)23(30)26-19-11-9-18(10-12-19)25-21(28)13-14-22(29)27(16-6-15-24)20-7-4-3-5-8-20/h3-5,7-12,17H,6,13-14,16H2,1-2H3,(H,25,28)(H,26,30). The van der Waals surface area contributed by atoms with Gasteiger partial charge < -0.3 is 15.5 Å². The maximum absolute atomic E-state index is 12.6. The van der Waals surface area contributed by atoms with E-state index in [2.05, 4.69) is 10.6 Å². The summed E-state index contributed by atoms with van der Waals surface area (Å²) in [5, 5.41) is 14.4. The number of anilines is 3. The van der Waals surface area contributed by atoms with Crippen molar-refractivity contribution in [2.45, 2.75) is 33.1 Å². The van der Waals surface area contributed by atoms with Gasteiger partial charge in [0, 0.05) is 42.4 Å². The van der Waals surface area contributed by atoms with Gasteiger partial charge in [-0.2, -0.15) is 5.26 Å². The first-order chi connectivity index (χ1) is 14.4. The molecule has 0 fully saturated rings. The van der Waals surface area contributed by atoms with Crippen LogP contribution in [0.1, 0.15) is 33.1 Å². The van der Waals surface area contributed by atoms with Crippen LogP contribution in [0.15, 0.2) is 54.6 Å². The van der Waals surface area contributed by atoms with Crippen LogP contribution in [0.2, 0.25) is 0 Å². The van der Waals surface area contributed by atoms with E-state index < -0.39 is 0 Å². The molecule has 0 saturated carbocycles. The zero-order valence-corrected chi connectivity index (χ0v) is 17.2. The molecule has 0 spiro atoms. The number of nitrogens with zero attached hydrogens (tertiary/aromatic N) is 2. The van der Waals surface area contributed by atoms with Crippen LogP contribution in [0.25, 0.3) is 0 Å². The van der Waals surface area contributed by atoms with Crippen LogP contribution in [0.3, 0.4) is 0 Å². The molecule has 7 heteroatoms. The number of amides is 3. The molecule has 0 unspecified atom stereocenters. The predicted octanol–water partition coefficient (Wildman–Crippen LogP) is 3.95. The number of nitrogens with one attached hydrogen (secondary N) is 2. The van der Waals surface area contributed by atoms with Crippen molar-refractivity contribution in [3.8, 4) is 6.07 Å². The SMILES string of the molecule is CC(C)C(=O)Nc1ccc(NC(=O)CCC(=O)N(CCC#N)c2ccccc2)cc1. The van der Waals surface area contributed by atoms with E-state index in [1.807, 2.05) is 38.1 Å². The van der Waals surface area contributed by atoms with Crippen LogP contribution in [0, 0.1) is 17.2 Å². The molecule has 2 N–H and O–H groups in total. The van der Waals surface area contributed by atoms with E-state index in [1.165, 1.54) is 4.90 Å². The van der Waals surface area contributed by atoms with Crippen LogP contribution in [0.4, 0.5) is 17.1 Å². The molecule has 0 heterocycles. The fourth-order valence-corrected chi connectivity index (χ4v) is 2.67. The highest BCUT2D eigenvalue weighted by molar-refractivity contribution is 5.98. The second-order valence-corrected chi connectivity index (χ2v) is 7.06. The van der Waals surface area contributed by atoms with Crippen LogP contribution in [0.5, 0.6) is 0 Å². The van der Waals surface area contributed by atoms with E-state index >= 15 is 0 Å². The van der Waals surface area contributed by atoms with Gasteiger partial charge in [0.25, 0.3) is 0 Å². The fraction of sp³-hybridized carbons (Fsp3) is 0.304. The van der Waals surface area contributed by atoms with Crippen LogP contribution >= 0.6 is 0 Å². The van der Waals surface area contributed by atoms with E-state index in [0.29, 0.717) is 17.1 Å². The van der Waals surface area contributed by atoms with E-state index in [-0.39, 0.29) is 49.4 Å². The molecule has 0 aliphatic carbocycles. The van der Waals surface area contributed by atoms with Gasteiger partial charge in [-0.1, -0.05) is 32.0 Å². The first kappa shape index (κ1) is 22.6. The molecule has 2 aromatic carbocycles. The maximum atomic E-state index is 12.6. The lowest BCUT2D eigenvalue weighted by atomic mass is 10.2. The van der Waals surface area contributed by atoms with E-state index in [9.17, 15) is 14.4 Å². The van der Waals surface area contributed by atoms with E-state index in [1.54, 1.807) is 36.4 Å². The fourth-order valence-electron chi connectivity index (χ4n) is 2.67. The van der Waals surface area contributed by atoms with Crippen molar-refractivity contribution in [2.75, 3.05) is 22.1 Å². The smallest absolute Gasteiger partial charge is 0.227 e. The topological polar surface area (TPSA) is 102 Å². The lowest BCUT2D eigenvalue weighted by Crippen LogP contribution is -2.32. The third-order valence-electron chi connectivity index (χ3n) is 4.34. The maximum Gasteiger partial charge on any atom is 0.227 e. The van der Waals surface area contributed by atoms with Gasteiger partial charge in [-0.25, -0.2) is 0 Å². The van der Waals surface area contributed by atoms with Gasteiger partial charge in [0.1, 0.15) is 0 Å². The Morgan fingerprint density at radius 2 is 1.53 bits per heavy atom. The molecule has 0 atom stereocenters. The highest BCUT2D eigenvalue weighted by Gasteiger charge is 2.17. The first-order valence-electron chi connectivity index (χ1n) is 9.84. The minimum Gasteiger partial charge on any atom is -0.326 e. The number of nitriles is 1. The second-order valence-electron chi connectivity index (χ2n) is 7.06. The normalized spacial score (nSPS) is 10.2. The summed E-state index contributed by atoms with van der Waals surface area (Å²) in [7, 11) is 0. The van der Waals surface area contributed by atoms with Crippen molar-refractivity contribution in [3.63, 3.8) is 0 Å². The molecule has 0 saturated heterocycles. The highest BCUT2D eigenvalue weighted by atomic mass is 16.2. The first-order valence-corrected chi connectivity index (χ1v) is 9.84. The summed E-state index contributed by atoms with van der Waals surface area (Å²) in [5.74, 6) is -0.691. The third-order valence-corrected chi connectivity index (χ3v) is 4.34. The number of benzene rings is 2. The molecule has 2 rings (SSSR count). The Morgan fingerprint density at radius 3 is 2.10 bits per heavy atom. The Labute approximate surface area is 176 Å². The average molecular weight is 406 g/mol. The molecule has 156 valence electrons. The number of rotatable bonds is 9. The molecule has 2 aromatic rings. The van der Waals surface area contributed by atoms with Crippen LogP contribution in [-0.4, -0.2) is 24.3 Å². The zero-order chi connectivity index (χ0) is 21.9. The number of hydrogen-bond acceptors (Lipinski definition) is 4. The zero-order valence-electron chi connectivity index (χ0n) is 17.2.